The Balaban J connectivity index is 1.49. The van der Waals surface area contributed by atoms with Crippen LogP contribution in [0, 0.1) is 0 Å². The van der Waals surface area contributed by atoms with Crippen LogP contribution < -0.4 is 4.90 Å². The van der Waals surface area contributed by atoms with Gasteiger partial charge in [0.25, 0.3) is 0 Å². The van der Waals surface area contributed by atoms with Gasteiger partial charge in [0, 0.05) is 32.9 Å². The van der Waals surface area contributed by atoms with Crippen molar-refractivity contribution in [1.82, 2.24) is 19.9 Å². The number of nitrogens with zero attached hydrogens (tertiary/aromatic N) is 5. The van der Waals surface area contributed by atoms with Crippen LogP contribution in [0.4, 0.5) is 5.69 Å². The summed E-state index contributed by atoms with van der Waals surface area (Å²) in [6, 6.07) is 9.74. The number of likely N-dealkylation sites (N-methyl/N-ethyl adjacent to an activating group) is 1. The number of aromatic nitrogens is 2. The molecule has 1 atom stereocenters. The lowest BCUT2D eigenvalue weighted by Gasteiger charge is -2.24. The van der Waals surface area contributed by atoms with Crippen LogP contribution in [0.5, 0.6) is 0 Å². The number of carbonyl (C=O) groups is 1. The molecule has 0 saturated carbocycles. The topological polar surface area (TPSA) is 74.9 Å². The molecule has 1 aromatic carbocycles. The standard InChI is InChI=1S/C20H29N5O3/c1-16(27-3)20-21-18(28-22-20)14-24-10-7-11-25(13-12-24)15-19(26)23(2)17-8-5-4-6-9-17/h4-6,8-9,16H,7,10-15H2,1-3H3/t16-/m0/s1. The number of methoxy groups -OCH3 is 1. The van der Waals surface area contributed by atoms with Gasteiger partial charge in [-0.25, -0.2) is 0 Å². The summed E-state index contributed by atoms with van der Waals surface area (Å²) in [5.41, 5.74) is 0.918. The molecule has 3 rings (SSSR count). The number of amides is 1. The minimum atomic E-state index is -0.176. The SMILES string of the molecule is CO[C@@H](C)c1noc(CN2CCCN(CC(=O)N(C)c3ccccc3)CC2)n1. The second-order valence-corrected chi connectivity index (χ2v) is 7.12. The molecule has 0 unspecified atom stereocenters. The van der Waals surface area contributed by atoms with E-state index in [1.165, 1.54) is 0 Å². The van der Waals surface area contributed by atoms with Crippen molar-refractivity contribution in [3.63, 3.8) is 0 Å². The molecule has 1 fully saturated rings. The van der Waals surface area contributed by atoms with Crippen LogP contribution in [0.25, 0.3) is 0 Å². The van der Waals surface area contributed by atoms with Gasteiger partial charge in [0.05, 0.1) is 13.1 Å². The molecule has 1 aromatic heterocycles. The zero-order valence-corrected chi connectivity index (χ0v) is 16.9. The first-order valence-electron chi connectivity index (χ1n) is 9.68. The van der Waals surface area contributed by atoms with E-state index in [1.807, 2.05) is 44.3 Å². The molecule has 0 radical (unpaired) electrons. The summed E-state index contributed by atoms with van der Waals surface area (Å²) in [4.78, 5) is 23.3. The summed E-state index contributed by atoms with van der Waals surface area (Å²) in [5.74, 6) is 1.28. The van der Waals surface area contributed by atoms with Crippen molar-refractivity contribution in [2.24, 2.45) is 0 Å². The van der Waals surface area contributed by atoms with Crippen molar-refractivity contribution in [3.05, 3.63) is 42.0 Å². The lowest BCUT2D eigenvalue weighted by atomic mass is 10.3. The molecule has 0 N–H and O–H groups in total. The van der Waals surface area contributed by atoms with Crippen LogP contribution in [-0.4, -0.2) is 72.7 Å². The van der Waals surface area contributed by atoms with Gasteiger partial charge in [-0.1, -0.05) is 23.4 Å². The Morgan fingerprint density at radius 1 is 1.21 bits per heavy atom. The Morgan fingerprint density at radius 2 is 1.93 bits per heavy atom. The highest BCUT2D eigenvalue weighted by Crippen LogP contribution is 2.15. The Morgan fingerprint density at radius 3 is 2.68 bits per heavy atom. The van der Waals surface area contributed by atoms with E-state index in [1.54, 1.807) is 12.0 Å². The predicted octanol–water partition coefficient (Wildman–Crippen LogP) is 1.95. The van der Waals surface area contributed by atoms with Gasteiger partial charge < -0.3 is 14.2 Å². The van der Waals surface area contributed by atoms with Gasteiger partial charge in [0.15, 0.2) is 5.82 Å². The van der Waals surface area contributed by atoms with E-state index in [0.717, 1.165) is 38.3 Å². The fraction of sp³-hybridized carbons (Fsp3) is 0.550. The lowest BCUT2D eigenvalue weighted by molar-refractivity contribution is -0.119. The Kier molecular flexibility index (Phi) is 7.13. The first-order valence-corrected chi connectivity index (χ1v) is 9.68. The molecule has 1 aliphatic heterocycles. The molecule has 8 nitrogen and oxygen atoms in total. The summed E-state index contributed by atoms with van der Waals surface area (Å²) in [5, 5.41) is 3.98. The lowest BCUT2D eigenvalue weighted by Crippen LogP contribution is -2.40. The number of hydrogen-bond donors (Lipinski definition) is 0. The van der Waals surface area contributed by atoms with E-state index in [9.17, 15) is 4.79 Å². The number of carbonyl (C=O) groups excluding carboxylic acids is 1. The summed E-state index contributed by atoms with van der Waals surface area (Å²) < 4.78 is 10.6. The quantitative estimate of drug-likeness (QED) is 0.719. The van der Waals surface area contributed by atoms with Crippen LogP contribution in [0.2, 0.25) is 0 Å². The highest BCUT2D eigenvalue weighted by atomic mass is 16.5. The van der Waals surface area contributed by atoms with E-state index in [0.29, 0.717) is 24.8 Å². The number of ether oxygens (including phenoxy) is 1. The fourth-order valence-electron chi connectivity index (χ4n) is 3.23. The van der Waals surface area contributed by atoms with Crippen LogP contribution >= 0.6 is 0 Å². The van der Waals surface area contributed by atoms with Crippen molar-refractivity contribution in [1.29, 1.82) is 0 Å². The molecule has 2 heterocycles. The maximum atomic E-state index is 12.6. The molecule has 8 heteroatoms. The van der Waals surface area contributed by atoms with Gasteiger partial charge in [-0.15, -0.1) is 0 Å². The molecular weight excluding hydrogens is 358 g/mol. The van der Waals surface area contributed by atoms with E-state index in [4.69, 9.17) is 9.26 Å². The highest BCUT2D eigenvalue weighted by Gasteiger charge is 2.21. The van der Waals surface area contributed by atoms with Gasteiger partial charge in [-0.2, -0.15) is 4.98 Å². The molecule has 0 bridgehead atoms. The first kappa shape index (κ1) is 20.4. The maximum absolute atomic E-state index is 12.6. The summed E-state index contributed by atoms with van der Waals surface area (Å²) >= 11 is 0. The van der Waals surface area contributed by atoms with E-state index in [2.05, 4.69) is 19.9 Å². The largest absolute Gasteiger partial charge is 0.374 e. The summed E-state index contributed by atoms with van der Waals surface area (Å²) in [6.45, 7) is 6.48. The number of para-hydroxylation sites is 1. The Hall–Kier alpha value is -2.29. The van der Waals surface area contributed by atoms with Gasteiger partial charge in [-0.3, -0.25) is 14.6 Å². The number of anilines is 1. The third kappa shape index (κ3) is 5.37. The van der Waals surface area contributed by atoms with E-state index >= 15 is 0 Å². The van der Waals surface area contributed by atoms with Crippen LogP contribution in [0.3, 0.4) is 0 Å². The predicted molar refractivity (Wildman–Crippen MR) is 106 cm³/mol. The van der Waals surface area contributed by atoms with Gasteiger partial charge in [0.1, 0.15) is 6.10 Å². The van der Waals surface area contributed by atoms with E-state index < -0.39 is 0 Å². The number of hydrogen-bond acceptors (Lipinski definition) is 7. The van der Waals surface area contributed by atoms with Crippen molar-refractivity contribution in [2.75, 3.05) is 51.8 Å². The van der Waals surface area contributed by atoms with Crippen molar-refractivity contribution in [3.8, 4) is 0 Å². The first-order chi connectivity index (χ1) is 13.6. The second kappa shape index (κ2) is 9.77. The van der Waals surface area contributed by atoms with Crippen LogP contribution in [-0.2, 0) is 16.1 Å². The van der Waals surface area contributed by atoms with Crippen LogP contribution in [0.1, 0.15) is 31.2 Å². The van der Waals surface area contributed by atoms with E-state index in [-0.39, 0.29) is 12.0 Å². The maximum Gasteiger partial charge on any atom is 0.240 e. The van der Waals surface area contributed by atoms with Gasteiger partial charge >= 0.3 is 0 Å². The van der Waals surface area contributed by atoms with Crippen molar-refractivity contribution in [2.45, 2.75) is 26.0 Å². The smallest absolute Gasteiger partial charge is 0.240 e. The zero-order valence-electron chi connectivity index (χ0n) is 16.9. The molecular formula is C20H29N5O3. The molecule has 152 valence electrons. The average molecular weight is 387 g/mol. The van der Waals surface area contributed by atoms with Crippen molar-refractivity contribution < 1.29 is 14.1 Å². The van der Waals surface area contributed by atoms with Crippen molar-refractivity contribution >= 4 is 11.6 Å². The fourth-order valence-corrected chi connectivity index (χ4v) is 3.23. The highest BCUT2D eigenvalue weighted by molar-refractivity contribution is 5.94. The molecule has 1 aliphatic rings. The van der Waals surface area contributed by atoms with Crippen LogP contribution in [0.15, 0.2) is 34.9 Å². The molecule has 0 spiro atoms. The Labute approximate surface area is 166 Å². The minimum absolute atomic E-state index is 0.106. The third-order valence-corrected chi connectivity index (χ3v) is 5.12. The Bertz CT molecular complexity index is 751. The average Bonchev–Trinajstić information content (AvgIpc) is 3.08. The summed E-state index contributed by atoms with van der Waals surface area (Å²) in [7, 11) is 3.45. The number of rotatable bonds is 7. The van der Waals surface area contributed by atoms with Gasteiger partial charge in [-0.05, 0) is 38.6 Å². The molecule has 0 aliphatic carbocycles. The minimum Gasteiger partial charge on any atom is -0.374 e. The second-order valence-electron chi connectivity index (χ2n) is 7.12. The summed E-state index contributed by atoms with van der Waals surface area (Å²) in [6.07, 6.45) is 0.822. The van der Waals surface area contributed by atoms with Gasteiger partial charge in [0.2, 0.25) is 11.8 Å². The zero-order chi connectivity index (χ0) is 19.9. The normalized spacial score (nSPS) is 17.2. The third-order valence-electron chi connectivity index (χ3n) is 5.12. The number of benzene rings is 1. The monoisotopic (exact) mass is 387 g/mol. The molecule has 1 amide bonds. The molecule has 28 heavy (non-hydrogen) atoms. The molecule has 2 aromatic rings. The molecule has 1 saturated heterocycles.